The van der Waals surface area contributed by atoms with E-state index in [9.17, 15) is 4.79 Å². The molecule has 1 amide bonds. The van der Waals surface area contributed by atoms with Crippen LogP contribution in [0.1, 0.15) is 30.3 Å². The van der Waals surface area contributed by atoms with E-state index in [1.54, 1.807) is 19.3 Å². The number of aromatic nitrogens is 1. The highest BCUT2D eigenvalue weighted by molar-refractivity contribution is 5.92. The number of rotatable bonds is 3. The van der Waals surface area contributed by atoms with Gasteiger partial charge < -0.3 is 10.6 Å². The van der Waals surface area contributed by atoms with Crippen LogP contribution in [0.15, 0.2) is 18.3 Å². The Kier molecular flexibility index (Phi) is 3.08. The zero-order valence-corrected chi connectivity index (χ0v) is 9.66. The molecule has 0 unspecified atom stereocenters. The molecule has 16 heavy (non-hydrogen) atoms. The largest absolute Gasteiger partial charge is 0.382 e. The van der Waals surface area contributed by atoms with E-state index in [0.717, 1.165) is 11.6 Å². The van der Waals surface area contributed by atoms with Crippen LogP contribution in [0.2, 0.25) is 0 Å². The number of nitrogens with one attached hydrogen (secondary N) is 2. The van der Waals surface area contributed by atoms with Gasteiger partial charge in [0.15, 0.2) is 0 Å². The van der Waals surface area contributed by atoms with Gasteiger partial charge in [-0.3, -0.25) is 9.78 Å². The summed E-state index contributed by atoms with van der Waals surface area (Å²) in [6, 6.07) is 4.24. The Morgan fingerprint density at radius 3 is 2.88 bits per heavy atom. The van der Waals surface area contributed by atoms with Gasteiger partial charge in [0.25, 0.3) is 5.91 Å². The van der Waals surface area contributed by atoms with Crippen molar-refractivity contribution in [2.75, 3.05) is 12.4 Å². The first-order valence-electron chi connectivity index (χ1n) is 5.63. The van der Waals surface area contributed by atoms with E-state index in [4.69, 9.17) is 0 Å². The predicted molar refractivity (Wildman–Crippen MR) is 63.4 cm³/mol. The Hall–Kier alpha value is -1.58. The van der Waals surface area contributed by atoms with E-state index in [1.807, 2.05) is 6.07 Å². The zero-order valence-electron chi connectivity index (χ0n) is 9.66. The fourth-order valence-corrected chi connectivity index (χ4v) is 2.03. The second-order valence-corrected chi connectivity index (χ2v) is 4.43. The van der Waals surface area contributed by atoms with E-state index in [-0.39, 0.29) is 5.91 Å². The van der Waals surface area contributed by atoms with Crippen molar-refractivity contribution in [3.05, 3.63) is 24.0 Å². The van der Waals surface area contributed by atoms with Gasteiger partial charge in [0.05, 0.1) is 0 Å². The average molecular weight is 219 g/mol. The Morgan fingerprint density at radius 1 is 1.50 bits per heavy atom. The topological polar surface area (TPSA) is 54.0 Å². The Morgan fingerprint density at radius 2 is 2.25 bits per heavy atom. The lowest BCUT2D eigenvalue weighted by atomic mass is 9.82. The van der Waals surface area contributed by atoms with Crippen molar-refractivity contribution < 1.29 is 4.79 Å². The fraction of sp³-hybridized carbons (Fsp3) is 0.500. The highest BCUT2D eigenvalue weighted by Crippen LogP contribution is 2.29. The summed E-state index contributed by atoms with van der Waals surface area (Å²) in [6.07, 6.45) is 4.07. The van der Waals surface area contributed by atoms with Crippen molar-refractivity contribution in [2.24, 2.45) is 5.92 Å². The van der Waals surface area contributed by atoms with E-state index >= 15 is 0 Å². The normalized spacial score (nSPS) is 23.4. The van der Waals surface area contributed by atoms with Gasteiger partial charge in [-0.05, 0) is 30.9 Å². The number of amides is 1. The van der Waals surface area contributed by atoms with Crippen LogP contribution in [0.4, 0.5) is 5.69 Å². The first-order valence-corrected chi connectivity index (χ1v) is 5.63. The summed E-state index contributed by atoms with van der Waals surface area (Å²) in [5, 5.41) is 5.98. The standard InChI is InChI=1S/C12H17N3O/c1-8-5-10(6-8)15-9-3-4-14-11(7-9)12(16)13-2/h3-4,7-8,10H,5-6H2,1-2H3,(H,13,16)(H,14,15). The zero-order chi connectivity index (χ0) is 11.5. The number of pyridine rings is 1. The van der Waals surface area contributed by atoms with E-state index in [2.05, 4.69) is 22.5 Å². The van der Waals surface area contributed by atoms with Crippen LogP contribution >= 0.6 is 0 Å². The lowest BCUT2D eigenvalue weighted by Crippen LogP contribution is -2.33. The molecule has 4 heteroatoms. The molecule has 0 aromatic carbocycles. The third-order valence-corrected chi connectivity index (χ3v) is 2.96. The van der Waals surface area contributed by atoms with Crippen LogP contribution in [0.3, 0.4) is 0 Å². The summed E-state index contributed by atoms with van der Waals surface area (Å²) >= 11 is 0. The summed E-state index contributed by atoms with van der Waals surface area (Å²) in [5.74, 6) is 0.670. The average Bonchev–Trinajstić information content (AvgIpc) is 2.26. The molecule has 0 bridgehead atoms. The molecule has 0 spiro atoms. The van der Waals surface area contributed by atoms with Crippen LogP contribution in [-0.4, -0.2) is 24.0 Å². The summed E-state index contributed by atoms with van der Waals surface area (Å²) in [7, 11) is 1.61. The minimum Gasteiger partial charge on any atom is -0.382 e. The van der Waals surface area contributed by atoms with Gasteiger partial charge in [-0.15, -0.1) is 0 Å². The molecule has 1 aliphatic rings. The maximum atomic E-state index is 11.4. The van der Waals surface area contributed by atoms with Crippen LogP contribution in [0.25, 0.3) is 0 Å². The van der Waals surface area contributed by atoms with Crippen molar-refractivity contribution in [3.8, 4) is 0 Å². The lowest BCUT2D eigenvalue weighted by molar-refractivity contribution is 0.0958. The van der Waals surface area contributed by atoms with E-state index in [1.165, 1.54) is 12.8 Å². The van der Waals surface area contributed by atoms with Crippen LogP contribution in [-0.2, 0) is 0 Å². The van der Waals surface area contributed by atoms with E-state index < -0.39 is 0 Å². The number of carbonyl (C=O) groups excluding carboxylic acids is 1. The number of hydrogen-bond donors (Lipinski definition) is 2. The molecule has 2 rings (SSSR count). The Balaban J connectivity index is 2.02. The van der Waals surface area contributed by atoms with E-state index in [0.29, 0.717) is 11.7 Å². The van der Waals surface area contributed by atoms with Gasteiger partial charge in [0, 0.05) is 25.0 Å². The quantitative estimate of drug-likeness (QED) is 0.812. The molecule has 86 valence electrons. The lowest BCUT2D eigenvalue weighted by Gasteiger charge is -2.34. The molecule has 1 saturated carbocycles. The molecule has 1 aromatic rings. The molecule has 1 heterocycles. The van der Waals surface area contributed by atoms with Gasteiger partial charge in [-0.1, -0.05) is 6.92 Å². The van der Waals surface area contributed by atoms with Crippen molar-refractivity contribution in [2.45, 2.75) is 25.8 Å². The predicted octanol–water partition coefficient (Wildman–Crippen LogP) is 1.65. The highest BCUT2D eigenvalue weighted by atomic mass is 16.1. The second-order valence-electron chi connectivity index (χ2n) is 4.43. The minimum absolute atomic E-state index is 0.148. The molecule has 0 aliphatic heterocycles. The summed E-state index contributed by atoms with van der Waals surface area (Å²) < 4.78 is 0. The van der Waals surface area contributed by atoms with Crippen LogP contribution < -0.4 is 10.6 Å². The maximum Gasteiger partial charge on any atom is 0.269 e. The molecule has 4 nitrogen and oxygen atoms in total. The number of anilines is 1. The molecule has 0 atom stereocenters. The summed E-state index contributed by atoms with van der Waals surface area (Å²) in [4.78, 5) is 15.4. The van der Waals surface area contributed by atoms with Crippen molar-refractivity contribution >= 4 is 11.6 Å². The van der Waals surface area contributed by atoms with Crippen molar-refractivity contribution in [1.29, 1.82) is 0 Å². The highest BCUT2D eigenvalue weighted by Gasteiger charge is 2.24. The molecular weight excluding hydrogens is 202 g/mol. The third kappa shape index (κ3) is 2.32. The Bertz CT molecular complexity index is 386. The molecule has 0 saturated heterocycles. The minimum atomic E-state index is -0.148. The third-order valence-electron chi connectivity index (χ3n) is 2.96. The monoisotopic (exact) mass is 219 g/mol. The first-order chi connectivity index (χ1) is 7.69. The molecular formula is C12H17N3O. The van der Waals surface area contributed by atoms with Gasteiger partial charge in [-0.25, -0.2) is 0 Å². The first kappa shape index (κ1) is 10.9. The van der Waals surface area contributed by atoms with Gasteiger partial charge >= 0.3 is 0 Å². The summed E-state index contributed by atoms with van der Waals surface area (Å²) in [6.45, 7) is 2.25. The SMILES string of the molecule is CNC(=O)c1cc(NC2CC(C)C2)ccn1. The van der Waals surface area contributed by atoms with Gasteiger partial charge in [-0.2, -0.15) is 0 Å². The number of carbonyl (C=O) groups is 1. The van der Waals surface area contributed by atoms with Crippen LogP contribution in [0.5, 0.6) is 0 Å². The maximum absolute atomic E-state index is 11.4. The van der Waals surface area contributed by atoms with Crippen LogP contribution in [0, 0.1) is 5.92 Å². The number of hydrogen-bond acceptors (Lipinski definition) is 3. The summed E-state index contributed by atoms with van der Waals surface area (Å²) in [5.41, 5.74) is 1.44. The van der Waals surface area contributed by atoms with Gasteiger partial charge in [0.1, 0.15) is 5.69 Å². The molecule has 1 fully saturated rings. The molecule has 2 N–H and O–H groups in total. The van der Waals surface area contributed by atoms with Crippen molar-refractivity contribution in [1.82, 2.24) is 10.3 Å². The van der Waals surface area contributed by atoms with Gasteiger partial charge in [0.2, 0.25) is 0 Å². The molecule has 1 aliphatic carbocycles. The molecule has 1 aromatic heterocycles. The molecule has 0 radical (unpaired) electrons. The number of nitrogens with zero attached hydrogens (tertiary/aromatic N) is 1. The smallest absolute Gasteiger partial charge is 0.269 e. The Labute approximate surface area is 95.5 Å². The second kappa shape index (κ2) is 4.51. The van der Waals surface area contributed by atoms with Crippen molar-refractivity contribution in [3.63, 3.8) is 0 Å². The fourth-order valence-electron chi connectivity index (χ4n) is 2.03.